The number of carbonyl (C=O) groups is 1. The Bertz CT molecular complexity index is 501. The Hall–Kier alpha value is -0.870. The second-order valence-corrected chi connectivity index (χ2v) is 7.68. The highest BCUT2D eigenvalue weighted by Gasteiger charge is 2.60. The summed E-state index contributed by atoms with van der Waals surface area (Å²) in [4.78, 5) is 15.2. The number of hydrogen-bond donors (Lipinski definition) is 1. The molecule has 4 heteroatoms. The zero-order valence-electron chi connectivity index (χ0n) is 12.5. The number of nitrogens with one attached hydrogen (secondary N) is 1. The van der Waals surface area contributed by atoms with Crippen molar-refractivity contribution in [3.63, 3.8) is 0 Å². The predicted molar refractivity (Wildman–Crippen MR) is 85.1 cm³/mol. The van der Waals surface area contributed by atoms with Gasteiger partial charge in [-0.25, -0.2) is 0 Å². The summed E-state index contributed by atoms with van der Waals surface area (Å²) in [5, 5.41) is 7.98. The van der Waals surface area contributed by atoms with Crippen LogP contribution < -0.4 is 5.32 Å². The molecule has 3 nitrogen and oxygen atoms in total. The van der Waals surface area contributed by atoms with Crippen LogP contribution in [0.4, 0.5) is 0 Å². The number of carbonyl (C=O) groups excluding carboxylic acids is 1. The lowest BCUT2D eigenvalue weighted by Gasteiger charge is -2.33. The van der Waals surface area contributed by atoms with Gasteiger partial charge in [-0.1, -0.05) is 32.1 Å². The van der Waals surface area contributed by atoms with E-state index in [1.807, 2.05) is 0 Å². The third-order valence-corrected chi connectivity index (χ3v) is 6.11. The average molecular weight is 304 g/mol. The fraction of sp³-hybridized carbons (Fsp3) is 0.706. The van der Waals surface area contributed by atoms with E-state index < -0.39 is 0 Å². The molecule has 3 aliphatic rings. The molecule has 21 heavy (non-hydrogen) atoms. The smallest absolute Gasteiger partial charge is 0.244 e. The topological polar surface area (TPSA) is 32.3 Å². The van der Waals surface area contributed by atoms with Crippen molar-refractivity contribution in [1.29, 1.82) is 0 Å². The number of amides is 1. The van der Waals surface area contributed by atoms with Gasteiger partial charge in [0.05, 0.1) is 0 Å². The zero-order valence-corrected chi connectivity index (χ0v) is 13.3. The molecular formula is C17H24N2OS. The van der Waals surface area contributed by atoms with E-state index in [4.69, 9.17) is 0 Å². The lowest BCUT2D eigenvalue weighted by Crippen LogP contribution is -2.40. The van der Waals surface area contributed by atoms with Crippen molar-refractivity contribution < 1.29 is 4.79 Å². The van der Waals surface area contributed by atoms with Crippen molar-refractivity contribution in [2.24, 2.45) is 0 Å². The highest BCUT2D eigenvalue weighted by molar-refractivity contribution is 7.08. The normalized spacial score (nSPS) is 29.6. The van der Waals surface area contributed by atoms with Gasteiger partial charge in [-0.15, -0.1) is 0 Å². The first kappa shape index (κ1) is 13.8. The molecule has 4 rings (SSSR count). The first-order valence-electron chi connectivity index (χ1n) is 8.43. The molecule has 2 saturated carbocycles. The predicted octanol–water partition coefficient (Wildman–Crippen LogP) is 3.82. The van der Waals surface area contributed by atoms with Crippen LogP contribution in [-0.2, 0) is 4.79 Å². The van der Waals surface area contributed by atoms with E-state index in [1.165, 1.54) is 50.5 Å². The molecule has 0 aromatic carbocycles. The van der Waals surface area contributed by atoms with Crippen LogP contribution in [0.1, 0.15) is 69.5 Å². The summed E-state index contributed by atoms with van der Waals surface area (Å²) in [7, 11) is 0. The van der Waals surface area contributed by atoms with E-state index in [1.54, 1.807) is 11.3 Å². The third-order valence-electron chi connectivity index (χ3n) is 5.41. The van der Waals surface area contributed by atoms with Gasteiger partial charge < -0.3 is 4.90 Å². The van der Waals surface area contributed by atoms with Crippen molar-refractivity contribution in [1.82, 2.24) is 10.2 Å². The molecule has 0 bridgehead atoms. The summed E-state index contributed by atoms with van der Waals surface area (Å²) in [5.41, 5.74) is 1.08. The summed E-state index contributed by atoms with van der Waals surface area (Å²) >= 11 is 1.73. The molecule has 0 radical (unpaired) electrons. The van der Waals surface area contributed by atoms with Crippen LogP contribution in [-0.4, -0.2) is 22.4 Å². The molecule has 2 aliphatic carbocycles. The van der Waals surface area contributed by atoms with Crippen LogP contribution in [0, 0.1) is 0 Å². The van der Waals surface area contributed by atoms with E-state index in [0.717, 1.165) is 12.8 Å². The van der Waals surface area contributed by atoms with Crippen LogP contribution in [0.5, 0.6) is 0 Å². The fourth-order valence-electron chi connectivity index (χ4n) is 4.00. The lowest BCUT2D eigenvalue weighted by atomic mass is 9.95. The van der Waals surface area contributed by atoms with Crippen molar-refractivity contribution in [2.45, 2.75) is 75.5 Å². The maximum Gasteiger partial charge on any atom is 0.244 e. The summed E-state index contributed by atoms with van der Waals surface area (Å²) in [5.74, 6) is 0.379. The minimum absolute atomic E-state index is 0.121. The molecule has 114 valence electrons. The number of hydrogen-bond acceptors (Lipinski definition) is 3. The van der Waals surface area contributed by atoms with Gasteiger partial charge in [0.15, 0.2) is 0 Å². The Labute approximate surface area is 130 Å². The Morgan fingerprint density at radius 3 is 2.48 bits per heavy atom. The molecule has 1 aromatic heterocycles. The third kappa shape index (κ3) is 2.42. The van der Waals surface area contributed by atoms with Crippen LogP contribution in [0.25, 0.3) is 0 Å². The Balaban J connectivity index is 1.61. The van der Waals surface area contributed by atoms with Gasteiger partial charge in [-0.3, -0.25) is 10.1 Å². The van der Waals surface area contributed by atoms with E-state index in [2.05, 4.69) is 27.0 Å². The Morgan fingerprint density at radius 2 is 1.86 bits per heavy atom. The molecule has 1 N–H and O–H groups in total. The maximum atomic E-state index is 13.0. The summed E-state index contributed by atoms with van der Waals surface area (Å²) in [6.07, 6.45) is 11.1. The first-order chi connectivity index (χ1) is 10.3. The highest BCUT2D eigenvalue weighted by atomic mass is 32.1. The van der Waals surface area contributed by atoms with E-state index in [0.29, 0.717) is 11.9 Å². The second kappa shape index (κ2) is 5.40. The van der Waals surface area contributed by atoms with E-state index in [9.17, 15) is 4.79 Å². The molecular weight excluding hydrogens is 280 g/mol. The molecule has 1 aromatic rings. The summed E-state index contributed by atoms with van der Waals surface area (Å²) in [6.45, 7) is 0. The van der Waals surface area contributed by atoms with Gasteiger partial charge in [0.25, 0.3) is 0 Å². The quantitative estimate of drug-likeness (QED) is 0.900. The van der Waals surface area contributed by atoms with Crippen LogP contribution in [0.2, 0.25) is 0 Å². The first-order valence-corrected chi connectivity index (χ1v) is 9.37. The van der Waals surface area contributed by atoms with Crippen LogP contribution in [0.15, 0.2) is 16.8 Å². The van der Waals surface area contributed by atoms with Gasteiger partial charge in [-0.2, -0.15) is 11.3 Å². The Morgan fingerprint density at radius 1 is 1.14 bits per heavy atom. The molecule has 1 atom stereocenters. The SMILES string of the molecule is O=C1N(C2CCCCCCC2)C(c2ccsc2)NC12CC2. The van der Waals surface area contributed by atoms with E-state index >= 15 is 0 Å². The molecule has 2 heterocycles. The van der Waals surface area contributed by atoms with Gasteiger partial charge in [-0.05, 0) is 48.1 Å². The standard InChI is InChI=1S/C17H24N2OS/c20-16-17(9-10-17)18-15(13-8-11-21-12-13)19(16)14-6-4-2-1-3-5-7-14/h8,11-12,14-15,18H,1-7,9-10H2. The monoisotopic (exact) mass is 304 g/mol. The van der Waals surface area contributed by atoms with Crippen LogP contribution >= 0.6 is 11.3 Å². The van der Waals surface area contributed by atoms with Gasteiger partial charge in [0, 0.05) is 6.04 Å². The number of thiophene rings is 1. The molecule has 3 fully saturated rings. The maximum absolute atomic E-state index is 13.0. The fourth-order valence-corrected chi connectivity index (χ4v) is 4.68. The van der Waals surface area contributed by atoms with Crippen molar-refractivity contribution in [3.8, 4) is 0 Å². The minimum atomic E-state index is -0.199. The highest BCUT2D eigenvalue weighted by Crippen LogP contribution is 2.48. The van der Waals surface area contributed by atoms with Crippen molar-refractivity contribution in [3.05, 3.63) is 22.4 Å². The largest absolute Gasteiger partial charge is 0.318 e. The van der Waals surface area contributed by atoms with E-state index in [-0.39, 0.29) is 11.7 Å². The number of nitrogens with zero attached hydrogens (tertiary/aromatic N) is 1. The van der Waals surface area contributed by atoms with Crippen molar-refractivity contribution in [2.75, 3.05) is 0 Å². The minimum Gasteiger partial charge on any atom is -0.318 e. The zero-order chi connectivity index (χ0) is 14.3. The average Bonchev–Trinajstić information content (AvgIpc) is 2.92. The summed E-state index contributed by atoms with van der Waals surface area (Å²) in [6, 6.07) is 2.61. The molecule has 1 unspecified atom stereocenters. The van der Waals surface area contributed by atoms with Gasteiger partial charge in [0.2, 0.25) is 5.91 Å². The van der Waals surface area contributed by atoms with Crippen molar-refractivity contribution >= 4 is 17.2 Å². The summed E-state index contributed by atoms with van der Waals surface area (Å²) < 4.78 is 0. The Kier molecular flexibility index (Phi) is 3.54. The number of rotatable bonds is 2. The molecule has 1 spiro atoms. The molecule has 1 amide bonds. The van der Waals surface area contributed by atoms with Gasteiger partial charge >= 0.3 is 0 Å². The molecule has 1 saturated heterocycles. The molecule has 1 aliphatic heterocycles. The van der Waals surface area contributed by atoms with Gasteiger partial charge in [0.1, 0.15) is 11.7 Å². The second-order valence-electron chi connectivity index (χ2n) is 6.90. The lowest BCUT2D eigenvalue weighted by molar-refractivity contribution is -0.133. The van der Waals surface area contributed by atoms with Crippen LogP contribution in [0.3, 0.4) is 0 Å².